The monoisotopic (exact) mass is 546 g/mol. The normalized spacial score (nSPS) is 10.0. The van der Waals surface area contributed by atoms with Gasteiger partial charge < -0.3 is 19.3 Å². The van der Waals surface area contributed by atoms with Gasteiger partial charge >= 0.3 is 11.9 Å². The van der Waals surface area contributed by atoms with Crippen LogP contribution in [0.25, 0.3) is 0 Å². The van der Waals surface area contributed by atoms with Gasteiger partial charge in [-0.15, -0.1) is 0 Å². The quantitative estimate of drug-likeness (QED) is 0.194. The van der Waals surface area contributed by atoms with E-state index in [1.54, 1.807) is 24.3 Å². The summed E-state index contributed by atoms with van der Waals surface area (Å²) in [4.78, 5) is 23.7. The van der Waals surface area contributed by atoms with Gasteiger partial charge in [0.15, 0.2) is 0 Å². The average molecular weight is 547 g/mol. The lowest BCUT2D eigenvalue weighted by Crippen LogP contribution is -2.05. The molecule has 5 aromatic rings. The van der Waals surface area contributed by atoms with Gasteiger partial charge in [-0.3, -0.25) is 0 Å². The van der Waals surface area contributed by atoms with E-state index in [1.165, 1.54) is 24.3 Å². The third kappa shape index (κ3) is 9.71. The lowest BCUT2D eigenvalue weighted by molar-refractivity contribution is 0.0464. The Labute approximate surface area is 239 Å². The first-order valence-corrected chi connectivity index (χ1v) is 13.0. The summed E-state index contributed by atoms with van der Waals surface area (Å²) in [7, 11) is 0. The molecule has 0 aliphatic rings. The SMILES string of the molecule is O=C(OCc1ccccc1)c1ccc(O)cc1.O=C(OCc1ccccc1)c1ccc(OCc2ccccc2)cc1. The zero-order valence-electron chi connectivity index (χ0n) is 22.4. The highest BCUT2D eigenvalue weighted by Gasteiger charge is 2.08. The highest BCUT2D eigenvalue weighted by Crippen LogP contribution is 2.16. The van der Waals surface area contributed by atoms with Crippen LogP contribution in [0.15, 0.2) is 140 Å². The Bertz CT molecular complexity index is 1480. The fourth-order valence-corrected chi connectivity index (χ4v) is 3.64. The summed E-state index contributed by atoms with van der Waals surface area (Å²) in [5, 5.41) is 9.09. The van der Waals surface area contributed by atoms with E-state index in [4.69, 9.17) is 19.3 Å². The maximum atomic E-state index is 12.0. The van der Waals surface area contributed by atoms with Gasteiger partial charge in [-0.2, -0.15) is 0 Å². The summed E-state index contributed by atoms with van der Waals surface area (Å²) in [5.41, 5.74) is 3.95. The molecule has 6 nitrogen and oxygen atoms in total. The second-order valence-electron chi connectivity index (χ2n) is 8.97. The first-order valence-electron chi connectivity index (χ1n) is 13.0. The van der Waals surface area contributed by atoms with Crippen LogP contribution in [0.4, 0.5) is 0 Å². The number of hydrogen-bond donors (Lipinski definition) is 1. The molecule has 0 aliphatic heterocycles. The van der Waals surface area contributed by atoms with E-state index in [0.29, 0.717) is 17.7 Å². The number of phenols is 1. The number of phenolic OH excluding ortho intramolecular Hbond substituents is 1. The van der Waals surface area contributed by atoms with E-state index < -0.39 is 5.97 Å². The van der Waals surface area contributed by atoms with Gasteiger partial charge in [0.25, 0.3) is 0 Å². The van der Waals surface area contributed by atoms with Crippen molar-refractivity contribution in [2.45, 2.75) is 19.8 Å². The molecule has 0 radical (unpaired) electrons. The van der Waals surface area contributed by atoms with Crippen molar-refractivity contribution in [2.75, 3.05) is 0 Å². The Kier molecular flexibility index (Phi) is 10.7. The van der Waals surface area contributed by atoms with E-state index in [1.807, 2.05) is 91.0 Å². The maximum absolute atomic E-state index is 12.0. The Morgan fingerprint density at radius 3 is 1.24 bits per heavy atom. The van der Waals surface area contributed by atoms with Gasteiger partial charge in [-0.05, 0) is 65.2 Å². The van der Waals surface area contributed by atoms with Crippen molar-refractivity contribution >= 4 is 11.9 Å². The molecule has 5 rings (SSSR count). The first-order chi connectivity index (χ1) is 20.1. The lowest BCUT2D eigenvalue weighted by atomic mass is 10.2. The summed E-state index contributed by atoms with van der Waals surface area (Å²) >= 11 is 0. The molecule has 0 unspecified atom stereocenters. The van der Waals surface area contributed by atoms with Crippen molar-refractivity contribution in [1.29, 1.82) is 0 Å². The van der Waals surface area contributed by atoms with Crippen LogP contribution in [-0.4, -0.2) is 17.0 Å². The van der Waals surface area contributed by atoms with E-state index in [2.05, 4.69) is 0 Å². The standard InChI is InChI=1S/C21H18O3.C14H12O3/c22-21(24-16-18-9-5-2-6-10-18)19-11-13-20(14-12-19)23-15-17-7-3-1-4-8-17;15-13-8-6-12(7-9-13)14(16)17-10-11-4-2-1-3-5-11/h1-14H,15-16H2;1-9,15H,10H2. The smallest absolute Gasteiger partial charge is 0.338 e. The molecule has 0 amide bonds. The number of aromatic hydroxyl groups is 1. The molecular weight excluding hydrogens is 516 g/mol. The summed E-state index contributed by atoms with van der Waals surface area (Å²) in [5.74, 6) is 0.116. The predicted molar refractivity (Wildman–Crippen MR) is 156 cm³/mol. The van der Waals surface area contributed by atoms with Crippen molar-refractivity contribution in [3.05, 3.63) is 167 Å². The van der Waals surface area contributed by atoms with Crippen LogP contribution in [0.3, 0.4) is 0 Å². The second-order valence-corrected chi connectivity index (χ2v) is 8.97. The van der Waals surface area contributed by atoms with E-state index in [0.717, 1.165) is 22.4 Å². The van der Waals surface area contributed by atoms with Gasteiger partial charge in [-0.25, -0.2) is 9.59 Å². The Balaban J connectivity index is 0.000000201. The molecule has 206 valence electrons. The molecule has 0 atom stereocenters. The Hall–Kier alpha value is -5.36. The Morgan fingerprint density at radius 2 is 0.829 bits per heavy atom. The fourth-order valence-electron chi connectivity index (χ4n) is 3.64. The lowest BCUT2D eigenvalue weighted by Gasteiger charge is -2.08. The Morgan fingerprint density at radius 1 is 0.463 bits per heavy atom. The van der Waals surface area contributed by atoms with Crippen LogP contribution in [0, 0.1) is 0 Å². The molecule has 0 spiro atoms. The molecule has 41 heavy (non-hydrogen) atoms. The van der Waals surface area contributed by atoms with Crippen LogP contribution in [-0.2, 0) is 29.3 Å². The minimum Gasteiger partial charge on any atom is -0.508 e. The van der Waals surface area contributed by atoms with Crippen molar-refractivity contribution < 1.29 is 28.9 Å². The molecular formula is C35H30O6. The van der Waals surface area contributed by atoms with Crippen LogP contribution in [0.5, 0.6) is 11.5 Å². The largest absolute Gasteiger partial charge is 0.508 e. The first kappa shape index (κ1) is 28.6. The number of benzene rings is 5. The maximum Gasteiger partial charge on any atom is 0.338 e. The topological polar surface area (TPSA) is 82.1 Å². The second kappa shape index (κ2) is 15.3. The summed E-state index contributed by atoms with van der Waals surface area (Å²) in [6, 6.07) is 42.0. The molecule has 6 heteroatoms. The number of hydrogen-bond acceptors (Lipinski definition) is 6. The van der Waals surface area contributed by atoms with E-state index >= 15 is 0 Å². The summed E-state index contributed by atoms with van der Waals surface area (Å²) < 4.78 is 16.1. The molecule has 0 aromatic heterocycles. The van der Waals surface area contributed by atoms with Gasteiger partial charge in [-0.1, -0.05) is 91.0 Å². The fraction of sp³-hybridized carbons (Fsp3) is 0.0857. The number of carbonyl (C=O) groups is 2. The molecule has 0 saturated carbocycles. The minimum atomic E-state index is -0.395. The number of rotatable bonds is 9. The highest BCUT2D eigenvalue weighted by atomic mass is 16.5. The zero-order valence-corrected chi connectivity index (χ0v) is 22.4. The molecule has 5 aromatic carbocycles. The molecule has 0 fully saturated rings. The van der Waals surface area contributed by atoms with Crippen molar-refractivity contribution in [2.24, 2.45) is 0 Å². The van der Waals surface area contributed by atoms with Crippen LogP contribution < -0.4 is 4.74 Å². The third-order valence-electron chi connectivity index (χ3n) is 5.87. The van der Waals surface area contributed by atoms with Crippen molar-refractivity contribution in [3.63, 3.8) is 0 Å². The van der Waals surface area contributed by atoms with Gasteiger partial charge in [0.05, 0.1) is 11.1 Å². The van der Waals surface area contributed by atoms with Crippen molar-refractivity contribution in [3.8, 4) is 11.5 Å². The summed E-state index contributed by atoms with van der Waals surface area (Å²) in [6.07, 6.45) is 0. The van der Waals surface area contributed by atoms with Crippen LogP contribution >= 0.6 is 0 Å². The summed E-state index contributed by atoms with van der Waals surface area (Å²) in [6.45, 7) is 1.02. The minimum absolute atomic E-state index is 0.129. The number of carbonyl (C=O) groups excluding carboxylic acids is 2. The molecule has 0 saturated heterocycles. The van der Waals surface area contributed by atoms with Crippen LogP contribution in [0.1, 0.15) is 37.4 Å². The van der Waals surface area contributed by atoms with Crippen molar-refractivity contribution in [1.82, 2.24) is 0 Å². The number of esters is 2. The van der Waals surface area contributed by atoms with E-state index in [-0.39, 0.29) is 24.9 Å². The van der Waals surface area contributed by atoms with Gasteiger partial charge in [0.1, 0.15) is 31.3 Å². The van der Waals surface area contributed by atoms with E-state index in [9.17, 15) is 9.59 Å². The molecule has 1 N–H and O–H groups in total. The van der Waals surface area contributed by atoms with Gasteiger partial charge in [0.2, 0.25) is 0 Å². The average Bonchev–Trinajstić information content (AvgIpc) is 3.04. The molecule has 0 heterocycles. The molecule has 0 aliphatic carbocycles. The van der Waals surface area contributed by atoms with Gasteiger partial charge in [0, 0.05) is 0 Å². The number of ether oxygens (including phenoxy) is 3. The third-order valence-corrected chi connectivity index (χ3v) is 5.87. The zero-order chi connectivity index (χ0) is 28.7. The predicted octanol–water partition coefficient (Wildman–Crippen LogP) is 7.37. The highest BCUT2D eigenvalue weighted by molar-refractivity contribution is 5.90. The van der Waals surface area contributed by atoms with Crippen LogP contribution in [0.2, 0.25) is 0 Å². The molecule has 0 bridgehead atoms.